The van der Waals surface area contributed by atoms with E-state index in [1.165, 1.54) is 25.3 Å². The highest BCUT2D eigenvalue weighted by atomic mass is 32.2. The summed E-state index contributed by atoms with van der Waals surface area (Å²) in [6.45, 7) is 1.99. The van der Waals surface area contributed by atoms with E-state index in [0.717, 1.165) is 11.3 Å². The molecule has 0 saturated carbocycles. The summed E-state index contributed by atoms with van der Waals surface area (Å²) in [4.78, 5) is 11.7. The van der Waals surface area contributed by atoms with Gasteiger partial charge in [0.15, 0.2) is 5.78 Å². The van der Waals surface area contributed by atoms with E-state index in [1.807, 2.05) is 18.2 Å². The Bertz CT molecular complexity index is 814. The van der Waals surface area contributed by atoms with E-state index < -0.39 is 10.0 Å². The first-order valence-corrected chi connectivity index (χ1v) is 8.61. The van der Waals surface area contributed by atoms with Gasteiger partial charge in [-0.1, -0.05) is 24.3 Å². The molecule has 0 fully saturated rings. The van der Waals surface area contributed by atoms with Gasteiger partial charge in [-0.05, 0) is 36.8 Å². The van der Waals surface area contributed by atoms with Crippen molar-refractivity contribution in [3.63, 3.8) is 0 Å². The Balaban J connectivity index is 2.16. The summed E-state index contributed by atoms with van der Waals surface area (Å²) < 4.78 is 25.5. The van der Waals surface area contributed by atoms with Crippen LogP contribution in [0, 0.1) is 0 Å². The second-order valence-electron chi connectivity index (χ2n) is 5.43. The molecule has 0 amide bonds. The zero-order valence-electron chi connectivity index (χ0n) is 13.4. The maximum Gasteiger partial charge on any atom is 0.242 e. The number of carbonyl (C=O) groups excluding carboxylic acids is 1. The lowest BCUT2D eigenvalue weighted by atomic mass is 10.1. The van der Waals surface area contributed by atoms with Crippen LogP contribution in [-0.2, 0) is 16.6 Å². The minimum Gasteiger partial charge on any atom is -0.381 e. The van der Waals surface area contributed by atoms with Gasteiger partial charge in [-0.15, -0.1) is 0 Å². The molecule has 0 unspecified atom stereocenters. The van der Waals surface area contributed by atoms with Crippen molar-refractivity contribution < 1.29 is 13.2 Å². The summed E-state index contributed by atoms with van der Waals surface area (Å²) in [6.07, 6.45) is 0. The molecule has 0 atom stereocenters. The molecule has 0 spiro atoms. The van der Waals surface area contributed by atoms with Gasteiger partial charge in [0.25, 0.3) is 0 Å². The van der Waals surface area contributed by atoms with Crippen LogP contribution in [0.15, 0.2) is 53.4 Å². The van der Waals surface area contributed by atoms with Gasteiger partial charge in [0.1, 0.15) is 0 Å². The second kappa shape index (κ2) is 6.93. The fourth-order valence-corrected chi connectivity index (χ4v) is 3.05. The molecule has 6 heteroatoms. The molecule has 0 aliphatic rings. The van der Waals surface area contributed by atoms with Crippen molar-refractivity contribution in [2.24, 2.45) is 0 Å². The first-order chi connectivity index (χ1) is 10.8. The lowest BCUT2D eigenvalue weighted by molar-refractivity contribution is 0.101. The lowest BCUT2D eigenvalue weighted by Crippen LogP contribution is -2.22. The number of benzene rings is 2. The first kappa shape index (κ1) is 17.2. The highest BCUT2D eigenvalue weighted by Crippen LogP contribution is 2.17. The van der Waals surface area contributed by atoms with Crippen LogP contribution >= 0.6 is 0 Å². The van der Waals surface area contributed by atoms with Crippen LogP contribution in [0.1, 0.15) is 22.8 Å². The first-order valence-electron chi connectivity index (χ1n) is 7.17. The molecule has 2 rings (SSSR count). The maximum atomic E-state index is 12.1. The van der Waals surface area contributed by atoms with Crippen molar-refractivity contribution in [1.82, 2.24) is 4.31 Å². The second-order valence-corrected chi connectivity index (χ2v) is 7.58. The van der Waals surface area contributed by atoms with Crippen LogP contribution in [0.25, 0.3) is 0 Å². The summed E-state index contributed by atoms with van der Waals surface area (Å²) in [7, 11) is -0.424. The summed E-state index contributed by atoms with van der Waals surface area (Å²) in [5.41, 5.74) is 2.30. The quantitative estimate of drug-likeness (QED) is 0.826. The number of nitrogens with zero attached hydrogens (tertiary/aromatic N) is 1. The average molecular weight is 332 g/mol. The number of anilines is 1. The number of nitrogens with one attached hydrogen (secondary N) is 1. The number of rotatable bonds is 6. The van der Waals surface area contributed by atoms with Gasteiger partial charge in [0, 0.05) is 31.9 Å². The molecule has 2 aromatic rings. The van der Waals surface area contributed by atoms with Crippen molar-refractivity contribution in [3.8, 4) is 0 Å². The smallest absolute Gasteiger partial charge is 0.242 e. The molecule has 1 N–H and O–H groups in total. The summed E-state index contributed by atoms with van der Waals surface area (Å²) in [5.74, 6) is 0.00715. The Kier molecular flexibility index (Phi) is 5.18. The van der Waals surface area contributed by atoms with Crippen molar-refractivity contribution in [2.45, 2.75) is 18.4 Å². The highest BCUT2D eigenvalue weighted by Gasteiger charge is 2.17. The number of Topliss-reactive ketones (excluding diaryl/α,β-unsaturated/α-hetero) is 1. The third kappa shape index (κ3) is 4.18. The van der Waals surface area contributed by atoms with Gasteiger partial charge in [-0.2, -0.15) is 0 Å². The van der Waals surface area contributed by atoms with E-state index in [9.17, 15) is 13.2 Å². The topological polar surface area (TPSA) is 66.5 Å². The predicted octanol–water partition coefficient (Wildman–Crippen LogP) is 2.75. The van der Waals surface area contributed by atoms with Gasteiger partial charge in [-0.25, -0.2) is 12.7 Å². The van der Waals surface area contributed by atoms with Crippen molar-refractivity contribution in [3.05, 3.63) is 59.7 Å². The molecule has 5 nitrogen and oxygen atoms in total. The van der Waals surface area contributed by atoms with Crippen LogP contribution in [0.4, 0.5) is 5.69 Å². The normalized spacial score (nSPS) is 11.5. The van der Waals surface area contributed by atoms with Crippen LogP contribution in [-0.4, -0.2) is 32.6 Å². The number of ketones is 1. The molecular weight excluding hydrogens is 312 g/mol. The number of sulfonamides is 1. The fraction of sp³-hybridized carbons (Fsp3) is 0.235. The maximum absolute atomic E-state index is 12.1. The van der Waals surface area contributed by atoms with Crippen LogP contribution < -0.4 is 5.32 Å². The Morgan fingerprint density at radius 3 is 2.43 bits per heavy atom. The van der Waals surface area contributed by atoms with Crippen molar-refractivity contribution in [1.29, 1.82) is 0 Å². The molecule has 0 radical (unpaired) electrons. The molecule has 0 aliphatic heterocycles. The Labute approximate surface area is 137 Å². The number of carbonyl (C=O) groups is 1. The summed E-state index contributed by atoms with van der Waals surface area (Å²) in [5, 5.41) is 3.20. The van der Waals surface area contributed by atoms with Crippen LogP contribution in [0.2, 0.25) is 0 Å². The molecule has 2 aromatic carbocycles. The number of hydrogen-bond acceptors (Lipinski definition) is 4. The summed E-state index contributed by atoms with van der Waals surface area (Å²) >= 11 is 0. The minimum atomic E-state index is -3.44. The molecular formula is C17H20N2O3S. The van der Waals surface area contributed by atoms with Crippen molar-refractivity contribution >= 4 is 21.5 Å². The average Bonchev–Trinajstić information content (AvgIpc) is 2.53. The van der Waals surface area contributed by atoms with E-state index in [0.29, 0.717) is 12.1 Å². The van der Waals surface area contributed by atoms with Gasteiger partial charge in [0.05, 0.1) is 4.90 Å². The molecule has 0 saturated heterocycles. The Morgan fingerprint density at radius 2 is 1.78 bits per heavy atom. The standard InChI is InChI=1S/C17H20N2O3S/c1-13(20)15-7-5-8-16(11-15)18-12-14-6-4-9-17(10-14)23(21,22)19(2)3/h4-11,18H,12H2,1-3H3. The van der Waals surface area contributed by atoms with Gasteiger partial charge in [-0.3, -0.25) is 4.79 Å². The van der Waals surface area contributed by atoms with Crippen LogP contribution in [0.3, 0.4) is 0 Å². The summed E-state index contributed by atoms with van der Waals surface area (Å²) in [6, 6.07) is 14.0. The van der Waals surface area contributed by atoms with Gasteiger partial charge in [0.2, 0.25) is 10.0 Å². The zero-order chi connectivity index (χ0) is 17.0. The molecule has 122 valence electrons. The molecule has 0 aliphatic carbocycles. The zero-order valence-corrected chi connectivity index (χ0v) is 14.2. The number of hydrogen-bond donors (Lipinski definition) is 1. The Hall–Kier alpha value is -2.18. The monoisotopic (exact) mass is 332 g/mol. The lowest BCUT2D eigenvalue weighted by Gasteiger charge is -2.13. The van der Waals surface area contributed by atoms with Crippen LogP contribution in [0.5, 0.6) is 0 Å². The van der Waals surface area contributed by atoms with E-state index in [4.69, 9.17) is 0 Å². The van der Waals surface area contributed by atoms with Gasteiger partial charge < -0.3 is 5.32 Å². The van der Waals surface area contributed by atoms with Gasteiger partial charge >= 0.3 is 0 Å². The molecule has 0 heterocycles. The SMILES string of the molecule is CC(=O)c1cccc(NCc2cccc(S(=O)(=O)N(C)C)c2)c1. The predicted molar refractivity (Wildman–Crippen MR) is 91.1 cm³/mol. The molecule has 0 aromatic heterocycles. The van der Waals surface area contributed by atoms with E-state index >= 15 is 0 Å². The third-order valence-corrected chi connectivity index (χ3v) is 5.25. The Morgan fingerprint density at radius 1 is 1.09 bits per heavy atom. The minimum absolute atomic E-state index is 0.00715. The van der Waals surface area contributed by atoms with E-state index in [1.54, 1.807) is 30.3 Å². The third-order valence-electron chi connectivity index (χ3n) is 3.44. The molecule has 0 bridgehead atoms. The molecule has 23 heavy (non-hydrogen) atoms. The largest absolute Gasteiger partial charge is 0.381 e. The van der Waals surface area contributed by atoms with Crippen molar-refractivity contribution in [2.75, 3.05) is 19.4 Å². The fourth-order valence-electron chi connectivity index (χ4n) is 2.08. The van der Waals surface area contributed by atoms with E-state index in [-0.39, 0.29) is 10.7 Å². The van der Waals surface area contributed by atoms with E-state index in [2.05, 4.69) is 5.32 Å². The highest BCUT2D eigenvalue weighted by molar-refractivity contribution is 7.89.